The molecule has 0 saturated heterocycles. The normalized spacial score (nSPS) is 10.5. The summed E-state index contributed by atoms with van der Waals surface area (Å²) in [6, 6.07) is 17.9. The van der Waals surface area contributed by atoms with Gasteiger partial charge < -0.3 is 23.7 Å². The third-order valence-electron chi connectivity index (χ3n) is 6.02. The molecule has 3 rings (SSSR count). The first-order valence-corrected chi connectivity index (χ1v) is 13.8. The molecule has 0 N–H and O–H groups in total. The van der Waals surface area contributed by atoms with E-state index in [1.54, 1.807) is 73.7 Å². The van der Waals surface area contributed by atoms with Crippen molar-refractivity contribution in [2.24, 2.45) is 0 Å². The lowest BCUT2D eigenvalue weighted by Crippen LogP contribution is -2.11. The van der Waals surface area contributed by atoms with Gasteiger partial charge in [-0.2, -0.15) is 4.39 Å². The van der Waals surface area contributed by atoms with E-state index in [0.717, 1.165) is 12.8 Å². The summed E-state index contributed by atoms with van der Waals surface area (Å²) in [6.07, 6.45) is 4.84. The van der Waals surface area contributed by atoms with Crippen molar-refractivity contribution in [3.05, 3.63) is 95.8 Å². The van der Waals surface area contributed by atoms with Gasteiger partial charge in [0.25, 0.3) is 0 Å². The quantitative estimate of drug-likeness (QED) is 0.0763. The lowest BCUT2D eigenvalue weighted by Gasteiger charge is -2.11. The Balaban J connectivity index is 1.46. The number of ether oxygens (including phenoxy) is 5. The molecule has 0 unspecified atom stereocenters. The summed E-state index contributed by atoms with van der Waals surface area (Å²) in [7, 11) is 0. The van der Waals surface area contributed by atoms with E-state index in [1.165, 1.54) is 12.8 Å². The maximum absolute atomic E-state index is 12.6. The minimum absolute atomic E-state index is 0.00857. The van der Waals surface area contributed by atoms with Gasteiger partial charge in [0.15, 0.2) is 0 Å². The van der Waals surface area contributed by atoms with E-state index < -0.39 is 23.7 Å². The van der Waals surface area contributed by atoms with Crippen LogP contribution in [0.3, 0.4) is 0 Å². The Labute approximate surface area is 245 Å². The average Bonchev–Trinajstić information content (AvgIpc) is 2.98. The molecular formula is C33H35FO8. The van der Waals surface area contributed by atoms with Crippen molar-refractivity contribution in [3.8, 4) is 23.0 Å². The summed E-state index contributed by atoms with van der Waals surface area (Å²) in [6.45, 7) is 7.62. The van der Waals surface area contributed by atoms with E-state index in [1.807, 2.05) is 0 Å². The summed E-state index contributed by atoms with van der Waals surface area (Å²) in [5.41, 5.74) is 1.30. The van der Waals surface area contributed by atoms with Crippen molar-refractivity contribution < 1.29 is 42.5 Å². The molecule has 0 heterocycles. The number of carbonyl (C=O) groups is 3. The molecule has 0 aromatic heterocycles. The van der Waals surface area contributed by atoms with Crippen LogP contribution in [-0.2, 0) is 9.53 Å². The van der Waals surface area contributed by atoms with Crippen LogP contribution in [0.1, 0.15) is 65.3 Å². The molecule has 0 spiro atoms. The molecule has 0 aliphatic carbocycles. The monoisotopic (exact) mass is 578 g/mol. The predicted octanol–water partition coefficient (Wildman–Crippen LogP) is 7.19. The molecule has 42 heavy (non-hydrogen) atoms. The zero-order valence-corrected chi connectivity index (χ0v) is 23.9. The van der Waals surface area contributed by atoms with Gasteiger partial charge in [0.05, 0.1) is 30.9 Å². The maximum atomic E-state index is 12.6. The van der Waals surface area contributed by atoms with Crippen molar-refractivity contribution in [3.63, 3.8) is 0 Å². The highest BCUT2D eigenvalue weighted by molar-refractivity contribution is 5.92. The van der Waals surface area contributed by atoms with E-state index in [0.29, 0.717) is 52.7 Å². The van der Waals surface area contributed by atoms with Crippen LogP contribution in [0.25, 0.3) is 0 Å². The van der Waals surface area contributed by atoms with Gasteiger partial charge in [0.2, 0.25) is 5.83 Å². The molecule has 0 aliphatic rings. The summed E-state index contributed by atoms with van der Waals surface area (Å²) in [5, 5.41) is 0. The Morgan fingerprint density at radius 1 is 0.690 bits per heavy atom. The van der Waals surface area contributed by atoms with Gasteiger partial charge in [-0.3, -0.25) is 0 Å². The Bertz CT molecular complexity index is 1350. The highest BCUT2D eigenvalue weighted by atomic mass is 19.1. The zero-order valence-electron chi connectivity index (χ0n) is 23.9. The molecule has 3 aromatic rings. The van der Waals surface area contributed by atoms with Crippen molar-refractivity contribution >= 4 is 17.9 Å². The molecule has 0 radical (unpaired) electrons. The number of benzene rings is 3. The Morgan fingerprint density at radius 2 is 1.24 bits per heavy atom. The van der Waals surface area contributed by atoms with Gasteiger partial charge in [0.1, 0.15) is 23.0 Å². The fraction of sp³-hybridized carbons (Fsp3) is 0.303. The second-order valence-electron chi connectivity index (χ2n) is 9.41. The Hall–Kier alpha value is -4.66. The highest BCUT2D eigenvalue weighted by Crippen LogP contribution is 2.26. The average molecular weight is 579 g/mol. The van der Waals surface area contributed by atoms with Gasteiger partial charge in [0, 0.05) is 6.42 Å². The van der Waals surface area contributed by atoms with Crippen molar-refractivity contribution in [2.45, 2.75) is 46.0 Å². The first-order valence-electron chi connectivity index (χ1n) is 13.8. The summed E-state index contributed by atoms with van der Waals surface area (Å²) < 4.78 is 39.4. The molecule has 8 nitrogen and oxygen atoms in total. The van der Waals surface area contributed by atoms with Gasteiger partial charge in [-0.15, -0.1) is 0 Å². The second kappa shape index (κ2) is 16.6. The number of rotatable bonds is 16. The smallest absolute Gasteiger partial charge is 0.366 e. The first kappa shape index (κ1) is 31.9. The topological polar surface area (TPSA) is 97.4 Å². The largest absolute Gasteiger partial charge is 0.494 e. The summed E-state index contributed by atoms with van der Waals surface area (Å²) in [4.78, 5) is 36.2. The van der Waals surface area contributed by atoms with Crippen LogP contribution >= 0.6 is 0 Å². The van der Waals surface area contributed by atoms with Crippen LogP contribution in [0.15, 0.2) is 79.1 Å². The highest BCUT2D eigenvalue weighted by Gasteiger charge is 2.14. The molecule has 0 bridgehead atoms. The lowest BCUT2D eigenvalue weighted by atomic mass is 10.2. The molecule has 0 saturated carbocycles. The standard InChI is InChI=1S/C33H35FO8/c1-4-5-6-7-19-38-27-13-9-25(10-14-27)32(36)41-29-17-18-30(23(2)22-29)42-33(37)26-11-15-28(16-12-26)39-20-8-21-40-31(35)24(3)34/h9-18,22H,3-8,19-21H2,1-2H3. The number of halogens is 1. The minimum Gasteiger partial charge on any atom is -0.494 e. The third-order valence-corrected chi connectivity index (χ3v) is 6.02. The molecule has 222 valence electrons. The number of hydrogen-bond donors (Lipinski definition) is 0. The van der Waals surface area contributed by atoms with Gasteiger partial charge >= 0.3 is 17.9 Å². The molecule has 0 fully saturated rings. The Morgan fingerprint density at radius 3 is 1.79 bits per heavy atom. The fourth-order valence-electron chi connectivity index (χ4n) is 3.71. The predicted molar refractivity (Wildman–Crippen MR) is 155 cm³/mol. The van der Waals surface area contributed by atoms with E-state index in [2.05, 4.69) is 18.2 Å². The van der Waals surface area contributed by atoms with Gasteiger partial charge in [-0.1, -0.05) is 32.8 Å². The lowest BCUT2D eigenvalue weighted by molar-refractivity contribution is -0.140. The van der Waals surface area contributed by atoms with Crippen molar-refractivity contribution in [2.75, 3.05) is 19.8 Å². The van der Waals surface area contributed by atoms with Crippen LogP contribution in [0, 0.1) is 6.92 Å². The minimum atomic E-state index is -1.15. The van der Waals surface area contributed by atoms with E-state index in [4.69, 9.17) is 18.9 Å². The van der Waals surface area contributed by atoms with E-state index >= 15 is 0 Å². The maximum Gasteiger partial charge on any atom is 0.366 e. The summed E-state index contributed by atoms with van der Waals surface area (Å²) in [5.74, 6) is -1.48. The number of aryl methyl sites for hydroxylation is 1. The van der Waals surface area contributed by atoms with Crippen LogP contribution in [0.5, 0.6) is 23.0 Å². The van der Waals surface area contributed by atoms with Crippen LogP contribution in [0.2, 0.25) is 0 Å². The Kier molecular flexibility index (Phi) is 12.6. The number of esters is 3. The second-order valence-corrected chi connectivity index (χ2v) is 9.41. The van der Waals surface area contributed by atoms with E-state index in [9.17, 15) is 18.8 Å². The van der Waals surface area contributed by atoms with Gasteiger partial charge in [-0.05, 0) is 85.6 Å². The van der Waals surface area contributed by atoms with Crippen LogP contribution < -0.4 is 18.9 Å². The first-order chi connectivity index (χ1) is 20.3. The zero-order chi connectivity index (χ0) is 30.3. The molecule has 0 aliphatic heterocycles. The number of carbonyl (C=O) groups excluding carboxylic acids is 3. The van der Waals surface area contributed by atoms with Crippen LogP contribution in [0.4, 0.5) is 4.39 Å². The molecule has 9 heteroatoms. The van der Waals surface area contributed by atoms with E-state index in [-0.39, 0.29) is 13.2 Å². The summed E-state index contributed by atoms with van der Waals surface area (Å²) >= 11 is 0. The van der Waals surface area contributed by atoms with Crippen molar-refractivity contribution in [1.82, 2.24) is 0 Å². The number of unbranched alkanes of at least 4 members (excludes halogenated alkanes) is 3. The van der Waals surface area contributed by atoms with Gasteiger partial charge in [-0.25, -0.2) is 14.4 Å². The van der Waals surface area contributed by atoms with Crippen molar-refractivity contribution in [1.29, 1.82) is 0 Å². The van der Waals surface area contributed by atoms with Crippen LogP contribution in [-0.4, -0.2) is 37.7 Å². The third kappa shape index (κ3) is 10.4. The SMILES string of the molecule is C=C(F)C(=O)OCCCOc1ccc(C(=O)Oc2ccc(OC(=O)c3ccc(OCCCCCC)cc3)cc2C)cc1. The fourth-order valence-corrected chi connectivity index (χ4v) is 3.71. The molecule has 0 atom stereocenters. The molecule has 0 amide bonds. The number of hydrogen-bond acceptors (Lipinski definition) is 8. The molecular weight excluding hydrogens is 543 g/mol. The molecule has 3 aromatic carbocycles.